The SMILES string of the molecule is CCN(CC)S(=O)(=O)c1cccc(C(=O)N/N=C(\C)c2cccc(NC(C)=O)c2)c1. The number of hydrogen-bond acceptors (Lipinski definition) is 5. The zero-order chi connectivity index (χ0) is 22.3. The molecule has 0 aliphatic carbocycles. The van der Waals surface area contributed by atoms with Crippen LogP contribution in [0.4, 0.5) is 5.69 Å². The Labute approximate surface area is 177 Å². The lowest BCUT2D eigenvalue weighted by molar-refractivity contribution is -0.114. The molecule has 0 aromatic heterocycles. The predicted octanol–water partition coefficient (Wildman–Crippen LogP) is 2.83. The number of carbonyl (C=O) groups excluding carboxylic acids is 2. The molecule has 0 unspecified atom stereocenters. The summed E-state index contributed by atoms with van der Waals surface area (Å²) in [5, 5.41) is 6.78. The molecule has 8 nitrogen and oxygen atoms in total. The summed E-state index contributed by atoms with van der Waals surface area (Å²) in [6, 6.07) is 12.9. The van der Waals surface area contributed by atoms with Crippen molar-refractivity contribution >= 4 is 33.2 Å². The van der Waals surface area contributed by atoms with Gasteiger partial charge in [-0.2, -0.15) is 9.41 Å². The Bertz CT molecular complexity index is 1060. The summed E-state index contributed by atoms with van der Waals surface area (Å²) in [5.41, 5.74) is 4.51. The van der Waals surface area contributed by atoms with E-state index in [0.717, 1.165) is 5.56 Å². The monoisotopic (exact) mass is 430 g/mol. The lowest BCUT2D eigenvalue weighted by Crippen LogP contribution is -2.30. The van der Waals surface area contributed by atoms with Gasteiger partial charge in [0.2, 0.25) is 15.9 Å². The highest BCUT2D eigenvalue weighted by Gasteiger charge is 2.22. The minimum absolute atomic E-state index is 0.0579. The van der Waals surface area contributed by atoms with E-state index in [1.165, 1.54) is 35.5 Å². The number of sulfonamides is 1. The lowest BCUT2D eigenvalue weighted by Gasteiger charge is -2.18. The quantitative estimate of drug-likeness (QED) is 0.496. The van der Waals surface area contributed by atoms with Gasteiger partial charge in [0, 0.05) is 31.3 Å². The number of rotatable bonds is 8. The highest BCUT2D eigenvalue weighted by Crippen LogP contribution is 2.17. The van der Waals surface area contributed by atoms with E-state index in [2.05, 4.69) is 15.8 Å². The zero-order valence-corrected chi connectivity index (χ0v) is 18.3. The Kier molecular flexibility index (Phi) is 7.85. The van der Waals surface area contributed by atoms with Crippen LogP contribution in [0.5, 0.6) is 0 Å². The van der Waals surface area contributed by atoms with E-state index >= 15 is 0 Å². The Hall–Kier alpha value is -3.04. The maximum atomic E-state index is 12.7. The number of nitrogens with one attached hydrogen (secondary N) is 2. The third kappa shape index (κ3) is 5.74. The van der Waals surface area contributed by atoms with E-state index in [1.807, 2.05) is 0 Å². The molecule has 0 radical (unpaired) electrons. The first-order valence-corrected chi connectivity index (χ1v) is 11.0. The minimum atomic E-state index is -3.66. The standard InChI is InChI=1S/C21H26N4O4S/c1-5-25(6-2)30(28,29)20-12-8-10-18(14-20)21(27)24-23-15(3)17-9-7-11-19(13-17)22-16(4)26/h7-14H,5-6H2,1-4H3,(H,22,26)(H,24,27)/b23-15+. The summed E-state index contributed by atoms with van der Waals surface area (Å²) in [6.45, 7) is 7.34. The highest BCUT2D eigenvalue weighted by molar-refractivity contribution is 7.89. The molecule has 9 heteroatoms. The third-order valence-corrected chi connectivity index (χ3v) is 6.41. The smallest absolute Gasteiger partial charge is 0.271 e. The van der Waals surface area contributed by atoms with Crippen LogP contribution < -0.4 is 10.7 Å². The summed E-state index contributed by atoms with van der Waals surface area (Å²) in [4.78, 5) is 23.8. The third-order valence-electron chi connectivity index (χ3n) is 4.37. The normalized spacial score (nSPS) is 12.0. The fourth-order valence-electron chi connectivity index (χ4n) is 2.80. The van der Waals surface area contributed by atoms with E-state index in [1.54, 1.807) is 45.0 Å². The first-order valence-electron chi connectivity index (χ1n) is 9.51. The second-order valence-electron chi connectivity index (χ2n) is 6.52. The Morgan fingerprint density at radius 2 is 1.60 bits per heavy atom. The van der Waals surface area contributed by atoms with E-state index in [-0.39, 0.29) is 16.4 Å². The molecule has 0 atom stereocenters. The van der Waals surface area contributed by atoms with E-state index in [9.17, 15) is 18.0 Å². The largest absolute Gasteiger partial charge is 0.326 e. The van der Waals surface area contributed by atoms with Gasteiger partial charge in [-0.15, -0.1) is 0 Å². The van der Waals surface area contributed by atoms with Crippen LogP contribution >= 0.6 is 0 Å². The molecule has 0 aliphatic rings. The summed E-state index contributed by atoms with van der Waals surface area (Å²) in [5.74, 6) is -0.710. The summed E-state index contributed by atoms with van der Waals surface area (Å²) >= 11 is 0. The van der Waals surface area contributed by atoms with Gasteiger partial charge in [0.05, 0.1) is 10.6 Å². The molecule has 2 aromatic rings. The number of carbonyl (C=O) groups is 2. The fraction of sp³-hybridized carbons (Fsp3) is 0.286. The molecule has 0 spiro atoms. The first-order chi connectivity index (χ1) is 14.2. The number of hydrogen-bond donors (Lipinski definition) is 2. The molecule has 0 saturated carbocycles. The van der Waals surface area contributed by atoms with E-state index in [4.69, 9.17) is 0 Å². The average molecular weight is 431 g/mol. The molecule has 2 amide bonds. The van der Waals surface area contributed by atoms with Crippen LogP contribution in [0.1, 0.15) is 43.6 Å². The second-order valence-corrected chi connectivity index (χ2v) is 8.46. The number of nitrogens with zero attached hydrogens (tertiary/aromatic N) is 2. The van der Waals surface area contributed by atoms with Crippen molar-refractivity contribution in [3.8, 4) is 0 Å². The fourth-order valence-corrected chi connectivity index (χ4v) is 4.30. The van der Waals surface area contributed by atoms with Crippen molar-refractivity contribution in [2.45, 2.75) is 32.6 Å². The zero-order valence-electron chi connectivity index (χ0n) is 17.5. The molecular formula is C21H26N4O4S. The molecular weight excluding hydrogens is 404 g/mol. The van der Waals surface area contributed by atoms with Gasteiger partial charge in [-0.25, -0.2) is 13.8 Å². The molecule has 160 valence electrons. The van der Waals surface area contributed by atoms with Crippen molar-refractivity contribution in [3.05, 3.63) is 59.7 Å². The topological polar surface area (TPSA) is 108 Å². The van der Waals surface area contributed by atoms with E-state index in [0.29, 0.717) is 24.5 Å². The van der Waals surface area contributed by atoms with Crippen LogP contribution in [-0.2, 0) is 14.8 Å². The van der Waals surface area contributed by atoms with Crippen molar-refractivity contribution in [2.24, 2.45) is 5.10 Å². The highest BCUT2D eigenvalue weighted by atomic mass is 32.2. The van der Waals surface area contributed by atoms with Gasteiger partial charge in [-0.05, 0) is 42.8 Å². The Morgan fingerprint density at radius 3 is 2.23 bits per heavy atom. The number of amides is 2. The summed E-state index contributed by atoms with van der Waals surface area (Å²) in [7, 11) is -3.66. The van der Waals surface area contributed by atoms with E-state index < -0.39 is 15.9 Å². The van der Waals surface area contributed by atoms with Crippen molar-refractivity contribution < 1.29 is 18.0 Å². The van der Waals surface area contributed by atoms with Crippen LogP contribution in [0.2, 0.25) is 0 Å². The van der Waals surface area contributed by atoms with Gasteiger partial charge in [0.25, 0.3) is 5.91 Å². The average Bonchev–Trinajstić information content (AvgIpc) is 2.72. The van der Waals surface area contributed by atoms with Crippen molar-refractivity contribution in [1.29, 1.82) is 0 Å². The molecule has 2 rings (SSSR count). The number of hydrazone groups is 1. The predicted molar refractivity (Wildman–Crippen MR) is 117 cm³/mol. The lowest BCUT2D eigenvalue weighted by atomic mass is 10.1. The van der Waals surface area contributed by atoms with Crippen molar-refractivity contribution in [1.82, 2.24) is 9.73 Å². The second kappa shape index (κ2) is 10.1. The van der Waals surface area contributed by atoms with Gasteiger partial charge in [-0.1, -0.05) is 32.0 Å². The maximum absolute atomic E-state index is 12.7. The van der Waals surface area contributed by atoms with Crippen LogP contribution in [-0.4, -0.2) is 43.3 Å². The van der Waals surface area contributed by atoms with Gasteiger partial charge in [-0.3, -0.25) is 9.59 Å². The number of benzene rings is 2. The van der Waals surface area contributed by atoms with Crippen LogP contribution in [0.25, 0.3) is 0 Å². The molecule has 0 heterocycles. The maximum Gasteiger partial charge on any atom is 0.271 e. The van der Waals surface area contributed by atoms with Crippen LogP contribution in [0.15, 0.2) is 58.5 Å². The summed E-state index contributed by atoms with van der Waals surface area (Å²) < 4.78 is 26.7. The van der Waals surface area contributed by atoms with Gasteiger partial charge < -0.3 is 5.32 Å². The molecule has 30 heavy (non-hydrogen) atoms. The molecule has 0 bridgehead atoms. The van der Waals surface area contributed by atoms with Crippen LogP contribution in [0, 0.1) is 0 Å². The van der Waals surface area contributed by atoms with Gasteiger partial charge in [0.15, 0.2) is 0 Å². The van der Waals surface area contributed by atoms with Gasteiger partial charge in [0.1, 0.15) is 0 Å². The molecule has 2 N–H and O–H groups in total. The molecule has 0 saturated heterocycles. The van der Waals surface area contributed by atoms with Crippen molar-refractivity contribution in [3.63, 3.8) is 0 Å². The summed E-state index contributed by atoms with van der Waals surface area (Å²) in [6.07, 6.45) is 0. The molecule has 0 aliphatic heterocycles. The minimum Gasteiger partial charge on any atom is -0.326 e. The Balaban J connectivity index is 2.20. The molecule has 2 aromatic carbocycles. The Morgan fingerprint density at radius 1 is 0.967 bits per heavy atom. The van der Waals surface area contributed by atoms with Gasteiger partial charge >= 0.3 is 0 Å². The first kappa shape index (κ1) is 23.2. The molecule has 0 fully saturated rings. The van der Waals surface area contributed by atoms with Crippen LogP contribution in [0.3, 0.4) is 0 Å². The number of anilines is 1. The van der Waals surface area contributed by atoms with Crippen molar-refractivity contribution in [2.75, 3.05) is 18.4 Å².